The molecule has 2 saturated heterocycles. The maximum absolute atomic E-state index is 12.9. The summed E-state index contributed by atoms with van der Waals surface area (Å²) in [4.78, 5) is 24.4. The zero-order valence-electron chi connectivity index (χ0n) is 19.8. The second-order valence-corrected chi connectivity index (χ2v) is 8.99. The van der Waals surface area contributed by atoms with E-state index >= 15 is 0 Å². The van der Waals surface area contributed by atoms with Crippen LogP contribution < -0.4 is 21.1 Å². The maximum atomic E-state index is 12.9. The summed E-state index contributed by atoms with van der Waals surface area (Å²) in [5, 5.41) is 7.42. The number of hydrogen-bond donors (Lipinski definition) is 2. The van der Waals surface area contributed by atoms with Gasteiger partial charge in [0.2, 0.25) is 5.95 Å². The SMILES string of the molecule is O=c1ccc2cnc(Nc3ccc(N4CCNCC4)cc3)nc2n1C1COC(c2ccccc2)OC1. The minimum Gasteiger partial charge on any atom is -0.369 e. The molecule has 9 nitrogen and oxygen atoms in total. The first kappa shape index (κ1) is 22.7. The molecule has 36 heavy (non-hydrogen) atoms. The van der Waals surface area contributed by atoms with E-state index in [0.717, 1.165) is 42.8 Å². The van der Waals surface area contributed by atoms with Crippen LogP contribution in [0.25, 0.3) is 11.0 Å². The molecule has 2 aliphatic heterocycles. The Bertz CT molecular complexity index is 1380. The zero-order valence-corrected chi connectivity index (χ0v) is 19.8. The number of ether oxygens (including phenoxy) is 2. The number of nitrogens with one attached hydrogen (secondary N) is 2. The molecular weight excluding hydrogens is 456 g/mol. The third kappa shape index (κ3) is 4.68. The zero-order chi connectivity index (χ0) is 24.3. The molecule has 0 aliphatic carbocycles. The van der Waals surface area contributed by atoms with Gasteiger partial charge in [0.25, 0.3) is 5.56 Å². The highest BCUT2D eigenvalue weighted by Gasteiger charge is 2.26. The third-order valence-corrected chi connectivity index (χ3v) is 6.59. The Balaban J connectivity index is 1.22. The van der Waals surface area contributed by atoms with Gasteiger partial charge in [-0.15, -0.1) is 0 Å². The van der Waals surface area contributed by atoms with Gasteiger partial charge in [-0.05, 0) is 30.3 Å². The Morgan fingerprint density at radius 2 is 1.67 bits per heavy atom. The Morgan fingerprint density at radius 1 is 0.917 bits per heavy atom. The monoisotopic (exact) mass is 484 g/mol. The van der Waals surface area contributed by atoms with Gasteiger partial charge in [-0.25, -0.2) is 4.98 Å². The Kier molecular flexibility index (Phi) is 6.33. The van der Waals surface area contributed by atoms with E-state index in [1.54, 1.807) is 16.8 Å². The number of rotatable bonds is 5. The van der Waals surface area contributed by atoms with Gasteiger partial charge < -0.3 is 25.0 Å². The molecule has 2 aromatic carbocycles. The number of hydrogen-bond acceptors (Lipinski definition) is 8. The van der Waals surface area contributed by atoms with Crippen molar-refractivity contribution in [1.82, 2.24) is 19.9 Å². The van der Waals surface area contributed by atoms with Crippen LogP contribution in [0.5, 0.6) is 0 Å². The molecule has 9 heteroatoms. The summed E-state index contributed by atoms with van der Waals surface area (Å²) in [6, 6.07) is 21.0. The lowest BCUT2D eigenvalue weighted by molar-refractivity contribution is -0.201. The minimum absolute atomic E-state index is 0.150. The number of fused-ring (bicyclic) bond motifs is 1. The number of piperazine rings is 1. The van der Waals surface area contributed by atoms with Gasteiger partial charge in [0.15, 0.2) is 6.29 Å². The third-order valence-electron chi connectivity index (χ3n) is 6.59. The molecular formula is C27H28N6O3. The average Bonchev–Trinajstić information content (AvgIpc) is 2.94. The van der Waals surface area contributed by atoms with Gasteiger partial charge in [-0.3, -0.25) is 9.36 Å². The van der Waals surface area contributed by atoms with Gasteiger partial charge in [-0.2, -0.15) is 4.98 Å². The van der Waals surface area contributed by atoms with Crippen LogP contribution in [0.1, 0.15) is 17.9 Å². The van der Waals surface area contributed by atoms with Crippen LogP contribution in [0.2, 0.25) is 0 Å². The van der Waals surface area contributed by atoms with Crippen molar-refractivity contribution in [2.24, 2.45) is 0 Å². The summed E-state index contributed by atoms with van der Waals surface area (Å²) < 4.78 is 13.6. The molecule has 0 saturated carbocycles. The van der Waals surface area contributed by atoms with Crippen LogP contribution in [0, 0.1) is 0 Å². The molecule has 0 unspecified atom stereocenters. The quantitative estimate of drug-likeness (QED) is 0.446. The van der Waals surface area contributed by atoms with E-state index in [1.165, 1.54) is 11.8 Å². The van der Waals surface area contributed by atoms with E-state index in [0.29, 0.717) is 24.8 Å². The van der Waals surface area contributed by atoms with E-state index in [2.05, 4.69) is 32.7 Å². The van der Waals surface area contributed by atoms with E-state index in [1.807, 2.05) is 42.5 Å². The second kappa shape index (κ2) is 10.1. The van der Waals surface area contributed by atoms with Crippen LogP contribution in [0.3, 0.4) is 0 Å². The first-order valence-corrected chi connectivity index (χ1v) is 12.2. The molecule has 2 aromatic heterocycles. The fourth-order valence-electron chi connectivity index (χ4n) is 4.70. The van der Waals surface area contributed by atoms with Gasteiger partial charge >= 0.3 is 0 Å². The molecule has 6 rings (SSSR count). The Hall–Kier alpha value is -3.79. The number of pyridine rings is 1. The molecule has 4 aromatic rings. The highest BCUT2D eigenvalue weighted by atomic mass is 16.7. The van der Waals surface area contributed by atoms with Crippen LogP contribution in [-0.2, 0) is 9.47 Å². The normalized spacial score (nSPS) is 20.4. The molecule has 2 fully saturated rings. The molecule has 2 aliphatic rings. The molecule has 0 bridgehead atoms. The van der Waals surface area contributed by atoms with E-state index in [4.69, 9.17) is 14.5 Å². The van der Waals surface area contributed by atoms with Crippen molar-refractivity contribution in [3.05, 3.63) is 88.8 Å². The lowest BCUT2D eigenvalue weighted by atomic mass is 10.2. The molecule has 0 spiro atoms. The first-order valence-electron chi connectivity index (χ1n) is 12.2. The number of nitrogens with zero attached hydrogens (tertiary/aromatic N) is 4. The van der Waals surface area contributed by atoms with Crippen molar-refractivity contribution in [3.8, 4) is 0 Å². The molecule has 0 atom stereocenters. The fraction of sp³-hybridized carbons (Fsp3) is 0.296. The minimum atomic E-state index is -0.441. The highest BCUT2D eigenvalue weighted by molar-refractivity contribution is 5.76. The van der Waals surface area contributed by atoms with Gasteiger partial charge in [0, 0.05) is 60.8 Å². The number of benzene rings is 2. The lowest BCUT2D eigenvalue weighted by Gasteiger charge is -2.31. The summed E-state index contributed by atoms with van der Waals surface area (Å²) in [7, 11) is 0. The van der Waals surface area contributed by atoms with Crippen LogP contribution in [-0.4, -0.2) is 53.9 Å². The van der Waals surface area contributed by atoms with Crippen LogP contribution >= 0.6 is 0 Å². The molecule has 0 radical (unpaired) electrons. The fourth-order valence-corrected chi connectivity index (χ4v) is 4.70. The Labute approximate surface area is 208 Å². The summed E-state index contributed by atoms with van der Waals surface area (Å²) in [5.41, 5.74) is 3.43. The summed E-state index contributed by atoms with van der Waals surface area (Å²) in [5.74, 6) is 0.427. The van der Waals surface area contributed by atoms with E-state index in [9.17, 15) is 4.79 Å². The number of aromatic nitrogens is 3. The standard InChI is InChI=1S/C27H28N6O3/c34-24-11-6-20-16-29-27(30-21-7-9-22(10-8-21)32-14-12-28-13-15-32)31-25(20)33(24)23-17-35-26(36-18-23)19-4-2-1-3-5-19/h1-11,16,23,26,28H,12-15,17-18H2,(H,29,30,31). The average molecular weight is 485 g/mol. The predicted octanol–water partition coefficient (Wildman–Crippen LogP) is 3.23. The highest BCUT2D eigenvalue weighted by Crippen LogP contribution is 2.28. The van der Waals surface area contributed by atoms with Gasteiger partial charge in [0.05, 0.1) is 19.3 Å². The van der Waals surface area contributed by atoms with Crippen molar-refractivity contribution >= 4 is 28.4 Å². The van der Waals surface area contributed by atoms with Gasteiger partial charge in [0.1, 0.15) is 5.65 Å². The largest absolute Gasteiger partial charge is 0.369 e. The smallest absolute Gasteiger partial charge is 0.252 e. The van der Waals surface area contributed by atoms with Crippen molar-refractivity contribution in [2.75, 3.05) is 49.6 Å². The molecule has 184 valence electrons. The first-order chi connectivity index (χ1) is 17.7. The van der Waals surface area contributed by atoms with Crippen LogP contribution in [0.15, 0.2) is 77.7 Å². The number of anilines is 3. The summed E-state index contributed by atoms with van der Waals surface area (Å²) >= 11 is 0. The van der Waals surface area contributed by atoms with Gasteiger partial charge in [-0.1, -0.05) is 30.3 Å². The van der Waals surface area contributed by atoms with Crippen molar-refractivity contribution in [3.63, 3.8) is 0 Å². The van der Waals surface area contributed by atoms with Crippen molar-refractivity contribution in [2.45, 2.75) is 12.3 Å². The lowest BCUT2D eigenvalue weighted by Crippen LogP contribution is -2.43. The summed E-state index contributed by atoms with van der Waals surface area (Å²) in [6.07, 6.45) is 1.29. The summed E-state index contributed by atoms with van der Waals surface area (Å²) in [6.45, 7) is 4.68. The second-order valence-electron chi connectivity index (χ2n) is 8.99. The Morgan fingerprint density at radius 3 is 2.42 bits per heavy atom. The van der Waals surface area contributed by atoms with Crippen molar-refractivity contribution in [1.29, 1.82) is 0 Å². The maximum Gasteiger partial charge on any atom is 0.252 e. The molecule has 0 amide bonds. The van der Waals surface area contributed by atoms with E-state index in [-0.39, 0.29) is 11.6 Å². The van der Waals surface area contributed by atoms with E-state index < -0.39 is 6.29 Å². The molecule has 2 N–H and O–H groups in total. The molecule has 4 heterocycles. The predicted molar refractivity (Wildman–Crippen MR) is 139 cm³/mol. The van der Waals surface area contributed by atoms with Crippen molar-refractivity contribution < 1.29 is 9.47 Å². The van der Waals surface area contributed by atoms with Crippen LogP contribution in [0.4, 0.5) is 17.3 Å². The topological polar surface area (TPSA) is 93.5 Å².